The van der Waals surface area contributed by atoms with Crippen molar-refractivity contribution in [2.24, 2.45) is 5.16 Å². The molecule has 1 atom stereocenters. The van der Waals surface area contributed by atoms with E-state index in [1.807, 2.05) is 176 Å². The van der Waals surface area contributed by atoms with Gasteiger partial charge in [0, 0.05) is 11.4 Å². The van der Waals surface area contributed by atoms with E-state index in [9.17, 15) is 14.7 Å². The molecule has 0 aliphatic rings. The zero-order chi connectivity index (χ0) is 44.3. The largest absolute Gasteiger partial charge is 0.497 e. The summed E-state index contributed by atoms with van der Waals surface area (Å²) in [7, 11) is 1.59. The molecule has 6 aromatic carbocycles. The minimum Gasteiger partial charge on any atom is -0.497 e. The van der Waals surface area contributed by atoms with Crippen molar-refractivity contribution in [3.8, 4) is 11.5 Å². The van der Waals surface area contributed by atoms with Gasteiger partial charge in [0.1, 0.15) is 29.7 Å². The van der Waals surface area contributed by atoms with Gasteiger partial charge in [-0.1, -0.05) is 169 Å². The Hall–Kier alpha value is -7.80. The molecule has 2 aromatic heterocycles. The van der Waals surface area contributed by atoms with E-state index in [4.69, 9.17) is 24.0 Å². The summed E-state index contributed by atoms with van der Waals surface area (Å²) < 4.78 is 18.0. The van der Waals surface area contributed by atoms with Crippen LogP contribution in [-0.4, -0.2) is 33.9 Å². The van der Waals surface area contributed by atoms with Crippen LogP contribution in [0.2, 0.25) is 0 Å². The number of thiazole rings is 1. The van der Waals surface area contributed by atoms with E-state index in [0.29, 0.717) is 16.6 Å². The van der Waals surface area contributed by atoms with Crippen molar-refractivity contribution in [1.29, 1.82) is 0 Å². The summed E-state index contributed by atoms with van der Waals surface area (Å²) in [4.78, 5) is 41.0. The number of carboxylic acid groups (broad SMARTS) is 1. The highest BCUT2D eigenvalue weighted by atomic mass is 32.1. The van der Waals surface area contributed by atoms with Gasteiger partial charge in [0.05, 0.1) is 18.5 Å². The average molecular weight is 869 g/mol. The summed E-state index contributed by atoms with van der Waals surface area (Å²) >= 11 is 1.23. The van der Waals surface area contributed by atoms with Crippen LogP contribution in [0.25, 0.3) is 0 Å². The summed E-state index contributed by atoms with van der Waals surface area (Å²) in [6, 6.07) is 57.7. The third-order valence-electron chi connectivity index (χ3n) is 10.5. The molecular weight excluding hydrogens is 825 g/mol. The Labute approximate surface area is 374 Å². The zero-order valence-electron chi connectivity index (χ0n) is 35.0. The first kappa shape index (κ1) is 42.9. The monoisotopic (exact) mass is 868 g/mol. The molecule has 12 heteroatoms. The van der Waals surface area contributed by atoms with E-state index in [-0.39, 0.29) is 23.7 Å². The van der Waals surface area contributed by atoms with Crippen molar-refractivity contribution in [3.05, 3.63) is 248 Å². The number of carboxylic acids is 1. The summed E-state index contributed by atoms with van der Waals surface area (Å²) in [6.45, 7) is 1.83. The van der Waals surface area contributed by atoms with Crippen molar-refractivity contribution in [1.82, 2.24) is 9.97 Å². The summed E-state index contributed by atoms with van der Waals surface area (Å²) in [5.74, 6) is -0.573. The first-order chi connectivity index (χ1) is 31.3. The van der Waals surface area contributed by atoms with Gasteiger partial charge in [-0.2, -0.15) is 0 Å². The van der Waals surface area contributed by atoms with Gasteiger partial charge in [0.25, 0.3) is 6.29 Å². The van der Waals surface area contributed by atoms with Crippen molar-refractivity contribution in [2.45, 2.75) is 31.5 Å². The summed E-state index contributed by atoms with van der Waals surface area (Å²) in [6.07, 6.45) is -2.14. The number of aliphatic carboxylic acids is 1. The number of pyridine rings is 1. The highest BCUT2D eigenvalue weighted by molar-refractivity contribution is 7.14. The molecule has 1 unspecified atom stereocenters. The molecule has 0 saturated heterocycles. The molecule has 2 heterocycles. The van der Waals surface area contributed by atoms with Crippen LogP contribution >= 0.6 is 11.3 Å². The van der Waals surface area contributed by atoms with Crippen LogP contribution in [0.1, 0.15) is 62.9 Å². The van der Waals surface area contributed by atoms with Gasteiger partial charge < -0.3 is 34.5 Å². The van der Waals surface area contributed by atoms with Crippen molar-refractivity contribution in [2.75, 3.05) is 12.4 Å². The Kier molecular flexibility index (Phi) is 13.4. The number of oxime groups is 1. The van der Waals surface area contributed by atoms with Crippen LogP contribution < -0.4 is 20.2 Å². The number of nitrogens with one attached hydrogen (secondary N) is 2. The molecule has 320 valence electrons. The number of aryl methyl sites for hydroxylation is 1. The van der Waals surface area contributed by atoms with Crippen LogP contribution in [0.4, 0.5) is 5.13 Å². The van der Waals surface area contributed by atoms with Gasteiger partial charge in [0.15, 0.2) is 10.9 Å². The van der Waals surface area contributed by atoms with Crippen molar-refractivity contribution in [3.63, 3.8) is 0 Å². The number of aromatic amines is 1. The molecule has 11 nitrogen and oxygen atoms in total. The number of hydrogen-bond acceptors (Lipinski definition) is 10. The van der Waals surface area contributed by atoms with Crippen LogP contribution in [0, 0.1) is 6.92 Å². The maximum absolute atomic E-state index is 13.8. The minimum atomic E-state index is -1.42. The van der Waals surface area contributed by atoms with E-state index in [2.05, 4.69) is 15.5 Å². The topological polar surface area (TPSA) is 144 Å². The average Bonchev–Trinajstić information content (AvgIpc) is 3.80. The molecule has 8 aromatic rings. The predicted molar refractivity (Wildman–Crippen MR) is 248 cm³/mol. The number of methoxy groups -OCH3 is 1. The maximum atomic E-state index is 13.8. The second-order valence-corrected chi connectivity index (χ2v) is 15.6. The third kappa shape index (κ3) is 9.63. The Balaban J connectivity index is 1.16. The van der Waals surface area contributed by atoms with Gasteiger partial charge >= 0.3 is 5.97 Å². The van der Waals surface area contributed by atoms with Gasteiger partial charge in [-0.15, -0.1) is 11.3 Å². The lowest BCUT2D eigenvalue weighted by atomic mass is 9.77. The highest BCUT2D eigenvalue weighted by Crippen LogP contribution is 2.41. The normalized spacial score (nSPS) is 12.1. The number of anilines is 1. The molecular formula is C52H44N4O7S. The first-order valence-corrected chi connectivity index (χ1v) is 21.3. The number of ether oxygens (including phenoxy) is 3. The molecule has 0 bridgehead atoms. The van der Waals surface area contributed by atoms with Crippen LogP contribution in [-0.2, 0) is 26.5 Å². The van der Waals surface area contributed by atoms with Crippen LogP contribution in [0.5, 0.6) is 11.5 Å². The van der Waals surface area contributed by atoms with E-state index in [1.165, 1.54) is 17.4 Å². The second-order valence-electron chi connectivity index (χ2n) is 14.7. The quantitative estimate of drug-likeness (QED) is 0.0332. The number of rotatable bonds is 18. The Morgan fingerprint density at radius 1 is 0.766 bits per heavy atom. The Bertz CT molecular complexity index is 2720. The maximum Gasteiger partial charge on any atom is 0.360 e. The van der Waals surface area contributed by atoms with Gasteiger partial charge in [-0.3, -0.25) is 4.79 Å². The van der Waals surface area contributed by atoms with Crippen LogP contribution in [0.15, 0.2) is 197 Å². The highest BCUT2D eigenvalue weighted by Gasteiger charge is 2.37. The van der Waals surface area contributed by atoms with E-state index < -0.39 is 35.0 Å². The fourth-order valence-corrected chi connectivity index (χ4v) is 8.20. The van der Waals surface area contributed by atoms with E-state index >= 15 is 0 Å². The molecule has 64 heavy (non-hydrogen) atoms. The molecule has 8 rings (SSSR count). The number of hydrogen-bond donors (Lipinski definition) is 3. The lowest BCUT2D eigenvalue weighted by Crippen LogP contribution is -2.38. The van der Waals surface area contributed by atoms with Crippen molar-refractivity contribution >= 4 is 28.1 Å². The number of carbonyl (C=O) groups is 1. The number of H-pyrrole nitrogens is 1. The number of benzene rings is 6. The SMILES string of the molecule is COc1ccc(COc2c(C)[nH]c(C(ON=C(C(=O)O)c3csc(NC(c4ccccc4)(c4ccccc4)c4ccccc4)n3)OC(c3ccccc3)c3ccccc3)cc2=O)cc1. The zero-order valence-corrected chi connectivity index (χ0v) is 35.8. The molecule has 0 spiro atoms. The number of nitrogens with zero attached hydrogens (tertiary/aromatic N) is 2. The first-order valence-electron chi connectivity index (χ1n) is 20.4. The molecule has 0 saturated carbocycles. The Morgan fingerprint density at radius 2 is 1.28 bits per heavy atom. The van der Waals surface area contributed by atoms with E-state index in [1.54, 1.807) is 19.4 Å². The summed E-state index contributed by atoms with van der Waals surface area (Å²) in [5.41, 5.74) is 4.08. The summed E-state index contributed by atoms with van der Waals surface area (Å²) in [5, 5.41) is 20.6. The van der Waals surface area contributed by atoms with Gasteiger partial charge in [0.2, 0.25) is 11.1 Å². The van der Waals surface area contributed by atoms with Crippen LogP contribution in [0.3, 0.4) is 0 Å². The fraction of sp³-hybridized carbons (Fsp3) is 0.115. The second kappa shape index (κ2) is 19.9. The minimum absolute atomic E-state index is 0.0523. The predicted octanol–water partition coefficient (Wildman–Crippen LogP) is 10.4. The smallest absolute Gasteiger partial charge is 0.360 e. The van der Waals surface area contributed by atoms with Gasteiger partial charge in [-0.25, -0.2) is 9.78 Å². The molecule has 0 aliphatic carbocycles. The fourth-order valence-electron chi connectivity index (χ4n) is 7.45. The molecule has 3 N–H and O–H groups in total. The van der Waals surface area contributed by atoms with Gasteiger partial charge in [-0.05, 0) is 52.4 Å². The standard InChI is InChI=1S/C52H44N4O7S/c1-35-47(61-33-36-28-30-42(60-2)31-29-36)45(57)32-43(53-35)50(62-48(37-18-8-3-9-19-37)38-20-10-4-11-21-38)63-56-46(49(58)59)44-34-64-51(54-44)55-52(39-22-12-5-13-23-39,40-24-14-6-15-25-40)41-26-16-7-17-27-41/h3-32,34,48,50H,33H2,1-2H3,(H,53,57)(H,54,55)(H,58,59). The van der Waals surface area contributed by atoms with E-state index in [0.717, 1.165) is 33.4 Å². The lowest BCUT2D eigenvalue weighted by Gasteiger charge is -2.36. The Morgan fingerprint density at radius 3 is 1.77 bits per heavy atom. The van der Waals surface area contributed by atoms with Crippen molar-refractivity contribution < 1.29 is 28.9 Å². The molecule has 0 amide bonds. The lowest BCUT2D eigenvalue weighted by molar-refractivity contribution is -0.171. The molecule has 0 aliphatic heterocycles. The molecule has 0 fully saturated rings. The molecule has 0 radical (unpaired) electrons. The third-order valence-corrected chi connectivity index (χ3v) is 11.3. The number of aromatic nitrogens is 2.